The van der Waals surface area contributed by atoms with Crippen LogP contribution in [-0.2, 0) is 17.7 Å². The summed E-state index contributed by atoms with van der Waals surface area (Å²) in [6.07, 6.45) is 2.82. The van der Waals surface area contributed by atoms with Crippen LogP contribution in [0.5, 0.6) is 0 Å². The first kappa shape index (κ1) is 23.4. The van der Waals surface area contributed by atoms with Crippen molar-refractivity contribution < 1.29 is 9.53 Å². The van der Waals surface area contributed by atoms with E-state index in [0.29, 0.717) is 16.7 Å². The molecule has 0 unspecified atom stereocenters. The van der Waals surface area contributed by atoms with Gasteiger partial charge < -0.3 is 15.4 Å². The molecule has 0 saturated carbocycles. The highest BCUT2D eigenvalue weighted by atomic mass is 32.1. The molecule has 2 N–H and O–H groups in total. The molecule has 0 bridgehead atoms. The van der Waals surface area contributed by atoms with Crippen LogP contribution in [0.4, 0.5) is 5.00 Å². The fourth-order valence-corrected chi connectivity index (χ4v) is 5.50. The molecule has 0 amide bonds. The molecule has 2 aromatic carbocycles. The topological polar surface area (TPSA) is 53.6 Å². The zero-order valence-corrected chi connectivity index (χ0v) is 20.4. The molecule has 1 saturated heterocycles. The molecule has 5 nitrogen and oxygen atoms in total. The molecule has 0 spiro atoms. The lowest BCUT2D eigenvalue weighted by Crippen LogP contribution is -2.45. The molecule has 0 radical (unpaired) electrons. The number of hydrogen-bond donors (Lipinski definition) is 2. The van der Waals surface area contributed by atoms with Gasteiger partial charge in [-0.15, -0.1) is 11.3 Å². The number of methoxy groups -OCH3 is 1. The van der Waals surface area contributed by atoms with E-state index in [2.05, 4.69) is 58.0 Å². The third kappa shape index (κ3) is 6.63. The molecule has 1 aliphatic rings. The van der Waals surface area contributed by atoms with Crippen molar-refractivity contribution in [3.05, 3.63) is 88.3 Å². The highest BCUT2D eigenvalue weighted by molar-refractivity contribution is 7.80. The van der Waals surface area contributed by atoms with Gasteiger partial charge in [0.25, 0.3) is 0 Å². The van der Waals surface area contributed by atoms with E-state index in [1.54, 1.807) is 11.3 Å². The number of rotatable bonds is 7. The van der Waals surface area contributed by atoms with Crippen molar-refractivity contribution in [2.24, 2.45) is 0 Å². The summed E-state index contributed by atoms with van der Waals surface area (Å²) in [4.78, 5) is 15.9. The Morgan fingerprint density at radius 2 is 1.70 bits per heavy atom. The van der Waals surface area contributed by atoms with Gasteiger partial charge in [0.05, 0.1) is 12.7 Å². The average molecular weight is 480 g/mol. The van der Waals surface area contributed by atoms with Crippen molar-refractivity contribution >= 4 is 39.6 Å². The minimum atomic E-state index is -0.356. The van der Waals surface area contributed by atoms with Crippen molar-refractivity contribution in [1.82, 2.24) is 10.2 Å². The first-order chi connectivity index (χ1) is 16.1. The summed E-state index contributed by atoms with van der Waals surface area (Å²) in [5.74, 6) is -0.356. The predicted octanol–water partition coefficient (Wildman–Crippen LogP) is 5.08. The van der Waals surface area contributed by atoms with Crippen molar-refractivity contribution in [2.45, 2.75) is 31.8 Å². The van der Waals surface area contributed by atoms with Crippen LogP contribution in [0, 0.1) is 0 Å². The number of likely N-dealkylation sites (tertiary alicyclic amines) is 1. The fourth-order valence-electron chi connectivity index (χ4n) is 4.08. The van der Waals surface area contributed by atoms with Crippen LogP contribution in [0.3, 0.4) is 0 Å². The minimum Gasteiger partial charge on any atom is -0.465 e. The Kier molecular flexibility index (Phi) is 8.10. The third-order valence-corrected chi connectivity index (χ3v) is 7.08. The van der Waals surface area contributed by atoms with Crippen LogP contribution < -0.4 is 10.6 Å². The predicted molar refractivity (Wildman–Crippen MR) is 139 cm³/mol. The van der Waals surface area contributed by atoms with Gasteiger partial charge in [0.2, 0.25) is 0 Å². The molecule has 0 atom stereocenters. The van der Waals surface area contributed by atoms with Crippen molar-refractivity contribution in [3.63, 3.8) is 0 Å². The molecule has 3 aromatic rings. The molecule has 7 heteroatoms. The van der Waals surface area contributed by atoms with Crippen LogP contribution in [-0.4, -0.2) is 42.2 Å². The summed E-state index contributed by atoms with van der Waals surface area (Å²) in [5, 5.41) is 7.98. The number of thiocarbonyl (C=S) groups is 1. The van der Waals surface area contributed by atoms with Gasteiger partial charge in [0.15, 0.2) is 5.11 Å². The second-order valence-electron chi connectivity index (χ2n) is 8.24. The van der Waals surface area contributed by atoms with E-state index in [1.165, 1.54) is 18.2 Å². The summed E-state index contributed by atoms with van der Waals surface area (Å²) in [7, 11) is 1.40. The number of carbonyl (C=O) groups excluding carboxylic acids is 1. The smallest absolute Gasteiger partial charge is 0.340 e. The lowest BCUT2D eigenvalue weighted by Gasteiger charge is -2.33. The van der Waals surface area contributed by atoms with E-state index < -0.39 is 0 Å². The molecule has 1 aromatic heterocycles. The number of hydrogen-bond acceptors (Lipinski definition) is 5. The molecule has 0 aliphatic carbocycles. The van der Waals surface area contributed by atoms with Crippen LogP contribution >= 0.6 is 23.6 Å². The second-order valence-corrected chi connectivity index (χ2v) is 9.79. The summed E-state index contributed by atoms with van der Waals surface area (Å²) in [6.45, 7) is 3.05. The SMILES string of the molecule is COC(=O)c1cc(Cc2ccccc2)sc1NC(=S)NC1CCN(Cc2ccccc2)CC1. The zero-order valence-electron chi connectivity index (χ0n) is 18.8. The van der Waals surface area contributed by atoms with E-state index in [4.69, 9.17) is 17.0 Å². The van der Waals surface area contributed by atoms with Gasteiger partial charge >= 0.3 is 5.97 Å². The van der Waals surface area contributed by atoms with Gasteiger partial charge in [-0.3, -0.25) is 4.90 Å². The number of nitrogens with zero attached hydrogens (tertiary/aromatic N) is 1. The highest BCUT2D eigenvalue weighted by Gasteiger charge is 2.22. The van der Waals surface area contributed by atoms with Crippen molar-refractivity contribution in [3.8, 4) is 0 Å². The molecular weight excluding hydrogens is 450 g/mol. The number of thiophene rings is 1. The average Bonchev–Trinajstić information content (AvgIpc) is 3.23. The summed E-state index contributed by atoms with van der Waals surface area (Å²) >= 11 is 7.13. The maximum absolute atomic E-state index is 12.3. The van der Waals surface area contributed by atoms with Gasteiger partial charge in [-0.05, 0) is 42.3 Å². The van der Waals surface area contributed by atoms with E-state index in [9.17, 15) is 4.79 Å². The number of anilines is 1. The maximum Gasteiger partial charge on any atom is 0.340 e. The standard InChI is InChI=1S/C26H29N3O2S2/c1-31-25(30)23-17-22(16-19-8-4-2-5-9-19)33-24(23)28-26(32)27-21-12-14-29(15-13-21)18-20-10-6-3-7-11-20/h2-11,17,21H,12-16,18H2,1H3,(H2,27,28,32). The van der Waals surface area contributed by atoms with Crippen molar-refractivity contribution in [1.29, 1.82) is 0 Å². The first-order valence-electron chi connectivity index (χ1n) is 11.2. The number of esters is 1. The summed E-state index contributed by atoms with van der Waals surface area (Å²) in [6, 6.07) is 23.0. The Bertz CT molecular complexity index is 1060. The third-order valence-electron chi connectivity index (χ3n) is 5.81. The molecular formula is C26H29N3O2S2. The normalized spacial score (nSPS) is 14.6. The van der Waals surface area contributed by atoms with Crippen LogP contribution in [0.15, 0.2) is 66.7 Å². The number of piperidine rings is 1. The van der Waals surface area contributed by atoms with E-state index >= 15 is 0 Å². The molecule has 1 aliphatic heterocycles. The molecule has 4 rings (SSSR count). The number of nitrogens with one attached hydrogen (secondary N) is 2. The fraction of sp³-hybridized carbons (Fsp3) is 0.308. The van der Waals surface area contributed by atoms with Gasteiger partial charge in [-0.2, -0.15) is 0 Å². The van der Waals surface area contributed by atoms with E-state index in [0.717, 1.165) is 48.8 Å². The second kappa shape index (κ2) is 11.4. The largest absolute Gasteiger partial charge is 0.465 e. The molecule has 172 valence electrons. The highest BCUT2D eigenvalue weighted by Crippen LogP contribution is 2.30. The van der Waals surface area contributed by atoms with Crippen LogP contribution in [0.1, 0.15) is 39.2 Å². The summed E-state index contributed by atoms with van der Waals surface area (Å²) < 4.78 is 4.99. The quantitative estimate of drug-likeness (QED) is 0.364. The van der Waals surface area contributed by atoms with Crippen LogP contribution in [0.25, 0.3) is 0 Å². The Hall–Kier alpha value is -2.74. The van der Waals surface area contributed by atoms with Crippen LogP contribution in [0.2, 0.25) is 0 Å². The first-order valence-corrected chi connectivity index (χ1v) is 12.4. The Morgan fingerprint density at radius 3 is 2.33 bits per heavy atom. The maximum atomic E-state index is 12.3. The number of benzene rings is 2. The van der Waals surface area contributed by atoms with E-state index in [1.807, 2.05) is 24.3 Å². The molecule has 33 heavy (non-hydrogen) atoms. The van der Waals surface area contributed by atoms with Gasteiger partial charge in [-0.25, -0.2) is 4.79 Å². The lowest BCUT2D eigenvalue weighted by molar-refractivity contribution is 0.0602. The Balaban J connectivity index is 1.32. The zero-order chi connectivity index (χ0) is 23.0. The molecule has 2 heterocycles. The Morgan fingerprint density at radius 1 is 1.06 bits per heavy atom. The summed E-state index contributed by atoms with van der Waals surface area (Å²) in [5.41, 5.74) is 3.07. The number of carbonyl (C=O) groups is 1. The van der Waals surface area contributed by atoms with E-state index in [-0.39, 0.29) is 5.97 Å². The number of ether oxygens (including phenoxy) is 1. The monoisotopic (exact) mass is 479 g/mol. The van der Waals surface area contributed by atoms with Gasteiger partial charge in [0.1, 0.15) is 5.00 Å². The molecule has 1 fully saturated rings. The van der Waals surface area contributed by atoms with Gasteiger partial charge in [0, 0.05) is 37.0 Å². The Labute approximate surface area is 204 Å². The van der Waals surface area contributed by atoms with Gasteiger partial charge in [-0.1, -0.05) is 60.7 Å². The van der Waals surface area contributed by atoms with Crippen molar-refractivity contribution in [2.75, 3.05) is 25.5 Å². The minimum absolute atomic E-state index is 0.322. The lowest BCUT2D eigenvalue weighted by atomic mass is 10.0.